The van der Waals surface area contributed by atoms with Crippen LogP contribution >= 0.6 is 25.3 Å². The van der Waals surface area contributed by atoms with Crippen LogP contribution in [0.25, 0.3) is 0 Å². The molecule has 0 aromatic carbocycles. The molecule has 0 nitrogen and oxygen atoms in total. The lowest BCUT2D eigenvalue weighted by atomic mass is 9.83. The zero-order chi connectivity index (χ0) is 9.26. The standard InChI is InChI=1S/C11H20S2/c12-7-8-3-1-4-9(8)10-5-2-6-11(10)13/h8-13H,1-7H2. The Hall–Kier alpha value is 0.700. The van der Waals surface area contributed by atoms with Gasteiger partial charge in [-0.2, -0.15) is 25.3 Å². The van der Waals surface area contributed by atoms with Gasteiger partial charge in [-0.1, -0.05) is 12.8 Å². The van der Waals surface area contributed by atoms with E-state index in [0.29, 0.717) is 5.25 Å². The van der Waals surface area contributed by atoms with E-state index in [2.05, 4.69) is 12.6 Å². The molecule has 0 radical (unpaired) electrons. The first-order valence-corrected chi connectivity index (χ1v) is 6.76. The summed E-state index contributed by atoms with van der Waals surface area (Å²) in [5, 5.41) is 0.700. The van der Waals surface area contributed by atoms with Gasteiger partial charge in [-0.25, -0.2) is 0 Å². The Morgan fingerprint density at radius 2 is 1.62 bits per heavy atom. The SMILES string of the molecule is SCC1CCCC1C1CCCC1S. The van der Waals surface area contributed by atoms with Crippen molar-refractivity contribution in [3.63, 3.8) is 0 Å². The van der Waals surface area contributed by atoms with Gasteiger partial charge in [0.1, 0.15) is 0 Å². The van der Waals surface area contributed by atoms with Crippen molar-refractivity contribution in [2.45, 2.75) is 43.8 Å². The number of thiol groups is 2. The maximum absolute atomic E-state index is 4.72. The molecule has 2 aliphatic rings. The first kappa shape index (κ1) is 10.2. The third kappa shape index (κ3) is 2.04. The van der Waals surface area contributed by atoms with E-state index in [1.54, 1.807) is 0 Å². The molecule has 0 N–H and O–H groups in total. The van der Waals surface area contributed by atoms with Crippen LogP contribution in [0.3, 0.4) is 0 Å². The van der Waals surface area contributed by atoms with Gasteiger partial charge in [-0.05, 0) is 49.2 Å². The Morgan fingerprint density at radius 1 is 0.923 bits per heavy atom. The van der Waals surface area contributed by atoms with Crippen molar-refractivity contribution in [2.24, 2.45) is 17.8 Å². The minimum Gasteiger partial charge on any atom is -0.179 e. The van der Waals surface area contributed by atoms with Crippen molar-refractivity contribution in [1.82, 2.24) is 0 Å². The molecule has 0 aliphatic heterocycles. The van der Waals surface area contributed by atoms with E-state index in [-0.39, 0.29) is 0 Å². The topological polar surface area (TPSA) is 0 Å². The van der Waals surface area contributed by atoms with Gasteiger partial charge in [0, 0.05) is 5.25 Å². The highest BCUT2D eigenvalue weighted by Gasteiger charge is 2.37. The van der Waals surface area contributed by atoms with Crippen molar-refractivity contribution in [2.75, 3.05) is 5.75 Å². The highest BCUT2D eigenvalue weighted by molar-refractivity contribution is 7.81. The molecule has 0 spiro atoms. The zero-order valence-electron chi connectivity index (χ0n) is 8.15. The van der Waals surface area contributed by atoms with E-state index >= 15 is 0 Å². The Bertz CT molecular complexity index is 169. The second-order valence-corrected chi connectivity index (χ2v) is 5.73. The van der Waals surface area contributed by atoms with Crippen molar-refractivity contribution in [3.8, 4) is 0 Å². The summed E-state index contributed by atoms with van der Waals surface area (Å²) in [5.41, 5.74) is 0. The molecule has 0 bridgehead atoms. The van der Waals surface area contributed by atoms with Crippen LogP contribution in [-0.2, 0) is 0 Å². The fraction of sp³-hybridized carbons (Fsp3) is 1.00. The molecule has 0 heterocycles. The lowest BCUT2D eigenvalue weighted by Crippen LogP contribution is -2.23. The van der Waals surface area contributed by atoms with E-state index in [1.807, 2.05) is 0 Å². The van der Waals surface area contributed by atoms with Gasteiger partial charge >= 0.3 is 0 Å². The van der Waals surface area contributed by atoms with E-state index in [9.17, 15) is 0 Å². The molecule has 0 aromatic heterocycles. The molecule has 13 heavy (non-hydrogen) atoms. The summed E-state index contributed by atoms with van der Waals surface area (Å²) < 4.78 is 0. The van der Waals surface area contributed by atoms with Crippen molar-refractivity contribution in [1.29, 1.82) is 0 Å². The lowest BCUT2D eigenvalue weighted by molar-refractivity contribution is 0.289. The van der Waals surface area contributed by atoms with Crippen LogP contribution in [0, 0.1) is 17.8 Å². The van der Waals surface area contributed by atoms with Gasteiger partial charge in [0.25, 0.3) is 0 Å². The normalized spacial score (nSPS) is 45.7. The molecule has 2 heteroatoms. The lowest BCUT2D eigenvalue weighted by Gasteiger charge is -2.27. The third-order valence-corrected chi connectivity index (χ3v) is 5.14. The quantitative estimate of drug-likeness (QED) is 0.649. The van der Waals surface area contributed by atoms with Crippen LogP contribution in [0.5, 0.6) is 0 Å². The zero-order valence-corrected chi connectivity index (χ0v) is 9.94. The predicted octanol–water partition coefficient (Wildman–Crippen LogP) is 3.43. The molecule has 2 rings (SSSR count). The van der Waals surface area contributed by atoms with Crippen LogP contribution in [0.4, 0.5) is 0 Å². The van der Waals surface area contributed by atoms with Crippen molar-refractivity contribution in [3.05, 3.63) is 0 Å². The van der Waals surface area contributed by atoms with Crippen molar-refractivity contribution >= 4 is 25.3 Å². The van der Waals surface area contributed by atoms with E-state index < -0.39 is 0 Å². The van der Waals surface area contributed by atoms with Crippen LogP contribution in [-0.4, -0.2) is 11.0 Å². The van der Waals surface area contributed by atoms with Crippen LogP contribution in [0.2, 0.25) is 0 Å². The molecule has 0 aromatic rings. The summed E-state index contributed by atoms with van der Waals surface area (Å²) in [4.78, 5) is 0. The Labute approximate surface area is 92.7 Å². The van der Waals surface area contributed by atoms with Gasteiger partial charge < -0.3 is 0 Å². The predicted molar refractivity (Wildman–Crippen MR) is 64.8 cm³/mol. The third-order valence-electron chi connectivity index (χ3n) is 4.03. The van der Waals surface area contributed by atoms with Crippen molar-refractivity contribution < 1.29 is 0 Å². The summed E-state index contributed by atoms with van der Waals surface area (Å²) in [7, 11) is 0. The summed E-state index contributed by atoms with van der Waals surface area (Å²) in [6.07, 6.45) is 8.51. The average Bonchev–Trinajstić information content (AvgIpc) is 2.71. The maximum Gasteiger partial charge on any atom is 0.00478 e. The fourth-order valence-electron chi connectivity index (χ4n) is 3.32. The molecule has 76 valence electrons. The second-order valence-electron chi connectivity index (χ2n) is 4.70. The molecule has 0 amide bonds. The largest absolute Gasteiger partial charge is 0.179 e. The first-order chi connectivity index (χ1) is 6.33. The minimum atomic E-state index is 0.700. The van der Waals surface area contributed by atoms with Gasteiger partial charge in [0.05, 0.1) is 0 Å². The van der Waals surface area contributed by atoms with Crippen LogP contribution in [0.1, 0.15) is 38.5 Å². The summed E-state index contributed by atoms with van der Waals surface area (Å²) in [6, 6.07) is 0. The maximum atomic E-state index is 4.72. The molecule has 2 fully saturated rings. The highest BCUT2D eigenvalue weighted by Crippen LogP contribution is 2.45. The molecule has 2 aliphatic carbocycles. The van der Waals surface area contributed by atoms with Crippen LogP contribution in [0.15, 0.2) is 0 Å². The molecular formula is C11H20S2. The average molecular weight is 216 g/mol. The van der Waals surface area contributed by atoms with Gasteiger partial charge in [0.15, 0.2) is 0 Å². The van der Waals surface area contributed by atoms with Gasteiger partial charge in [-0.15, -0.1) is 0 Å². The van der Waals surface area contributed by atoms with Gasteiger partial charge in [0.2, 0.25) is 0 Å². The Balaban J connectivity index is 1.98. The molecule has 0 saturated heterocycles. The number of hydrogen-bond donors (Lipinski definition) is 2. The second kappa shape index (κ2) is 4.48. The number of hydrogen-bond acceptors (Lipinski definition) is 2. The first-order valence-electron chi connectivity index (χ1n) is 5.62. The minimum absolute atomic E-state index is 0.700. The molecule has 4 unspecified atom stereocenters. The molecular weight excluding hydrogens is 196 g/mol. The summed E-state index contributed by atoms with van der Waals surface area (Å²) in [6.45, 7) is 0. The molecule has 2 saturated carbocycles. The Kier molecular flexibility index (Phi) is 3.52. The highest BCUT2D eigenvalue weighted by atomic mass is 32.1. The Morgan fingerprint density at radius 3 is 2.23 bits per heavy atom. The fourth-order valence-corrected chi connectivity index (χ4v) is 4.33. The van der Waals surface area contributed by atoms with E-state index in [0.717, 1.165) is 23.5 Å². The smallest absolute Gasteiger partial charge is 0.00478 e. The molecule has 4 atom stereocenters. The summed E-state index contributed by atoms with van der Waals surface area (Å²) in [5.74, 6) is 3.88. The van der Waals surface area contributed by atoms with Gasteiger partial charge in [-0.3, -0.25) is 0 Å². The van der Waals surface area contributed by atoms with E-state index in [4.69, 9.17) is 12.6 Å². The van der Waals surface area contributed by atoms with Crippen LogP contribution < -0.4 is 0 Å². The van der Waals surface area contributed by atoms with E-state index in [1.165, 1.54) is 38.5 Å². The monoisotopic (exact) mass is 216 g/mol. The number of rotatable bonds is 2. The summed E-state index contributed by atoms with van der Waals surface area (Å²) >= 11 is 9.19.